The van der Waals surface area contributed by atoms with Crippen LogP contribution in [0.5, 0.6) is 5.75 Å². The molecule has 0 bridgehead atoms. The predicted octanol–water partition coefficient (Wildman–Crippen LogP) is 5.80. The Hall–Kier alpha value is -4.23. The second kappa shape index (κ2) is 9.75. The molecule has 1 fully saturated rings. The molecular weight excluding hydrogens is 498 g/mol. The Labute approximate surface area is 234 Å². The minimum atomic E-state index is 0.0570. The summed E-state index contributed by atoms with van der Waals surface area (Å²) in [6.45, 7) is 6.97. The molecule has 1 aromatic heterocycles. The Balaban J connectivity index is 1.14. The lowest BCUT2D eigenvalue weighted by Gasteiger charge is -2.33. The summed E-state index contributed by atoms with van der Waals surface area (Å²) in [5.74, 6) is 1.64. The van der Waals surface area contributed by atoms with Gasteiger partial charge >= 0.3 is 0 Å². The summed E-state index contributed by atoms with van der Waals surface area (Å²) in [5.41, 5.74) is 8.51. The summed E-state index contributed by atoms with van der Waals surface area (Å²) in [4.78, 5) is 24.4. The molecule has 0 radical (unpaired) electrons. The maximum absolute atomic E-state index is 14.0. The first-order valence-corrected chi connectivity index (χ1v) is 14.1. The number of rotatable bonds is 4. The standard InChI is InChI=1S/C33H33N5O2/c1-21-16-24(6-9-27(21)23-4-7-26(8-5-23)37-32-35-12-3-13-36-32)31(39)38-22(2)17-25-18-30-28(19-29(25)38)33(20-40-30)10-14-34-15-11-33/h3-9,12-13,16,18-19,22,34H,10-11,14-15,17,20H2,1-2H3,(H,35,36,37)/t22-/m1/s1. The van der Waals surface area contributed by atoms with E-state index in [1.165, 1.54) is 11.1 Å². The highest BCUT2D eigenvalue weighted by Crippen LogP contribution is 2.49. The summed E-state index contributed by atoms with van der Waals surface area (Å²) < 4.78 is 6.20. The number of amides is 1. The van der Waals surface area contributed by atoms with Crippen molar-refractivity contribution in [2.24, 2.45) is 0 Å². The van der Waals surface area contributed by atoms with Crippen LogP contribution in [0, 0.1) is 6.92 Å². The third-order valence-corrected chi connectivity index (χ3v) is 8.74. The molecule has 40 heavy (non-hydrogen) atoms. The van der Waals surface area contributed by atoms with Crippen molar-refractivity contribution >= 4 is 23.2 Å². The molecule has 1 atom stereocenters. The van der Waals surface area contributed by atoms with Crippen LogP contribution in [0.3, 0.4) is 0 Å². The number of benzene rings is 3. The van der Waals surface area contributed by atoms with Gasteiger partial charge in [-0.25, -0.2) is 9.97 Å². The topological polar surface area (TPSA) is 79.4 Å². The quantitative estimate of drug-likeness (QED) is 0.347. The van der Waals surface area contributed by atoms with E-state index < -0.39 is 0 Å². The Morgan fingerprint density at radius 3 is 2.58 bits per heavy atom. The van der Waals surface area contributed by atoms with Crippen molar-refractivity contribution in [1.29, 1.82) is 0 Å². The second-order valence-corrected chi connectivity index (χ2v) is 11.3. The van der Waals surface area contributed by atoms with Crippen LogP contribution >= 0.6 is 0 Å². The van der Waals surface area contributed by atoms with E-state index in [0.717, 1.165) is 72.8 Å². The van der Waals surface area contributed by atoms with E-state index in [2.05, 4.69) is 64.8 Å². The molecule has 4 heterocycles. The number of nitrogens with zero attached hydrogens (tertiary/aromatic N) is 3. The number of fused-ring (bicyclic) bond motifs is 3. The lowest BCUT2D eigenvalue weighted by Crippen LogP contribution is -2.41. The lowest BCUT2D eigenvalue weighted by molar-refractivity contribution is 0.0981. The van der Waals surface area contributed by atoms with Crippen LogP contribution in [0.2, 0.25) is 0 Å². The molecule has 1 saturated heterocycles. The number of hydrogen-bond acceptors (Lipinski definition) is 6. The summed E-state index contributed by atoms with van der Waals surface area (Å²) in [7, 11) is 0. The third kappa shape index (κ3) is 4.21. The van der Waals surface area contributed by atoms with Crippen molar-refractivity contribution in [1.82, 2.24) is 15.3 Å². The SMILES string of the molecule is Cc1cc(C(=O)N2c3cc4c(cc3C[C@H]2C)OCC42CCNCC2)ccc1-c1ccc(Nc2ncccn2)cc1. The van der Waals surface area contributed by atoms with E-state index >= 15 is 0 Å². The molecule has 4 aromatic rings. The minimum Gasteiger partial charge on any atom is -0.492 e. The monoisotopic (exact) mass is 531 g/mol. The molecule has 3 aromatic carbocycles. The normalized spacial score (nSPS) is 18.8. The van der Waals surface area contributed by atoms with Gasteiger partial charge in [-0.3, -0.25) is 4.79 Å². The third-order valence-electron chi connectivity index (χ3n) is 8.74. The Bertz CT molecular complexity index is 1580. The number of nitrogens with one attached hydrogen (secondary N) is 2. The first-order valence-electron chi connectivity index (χ1n) is 14.1. The van der Waals surface area contributed by atoms with Crippen molar-refractivity contribution in [2.45, 2.75) is 44.6 Å². The number of hydrogen-bond donors (Lipinski definition) is 2. The smallest absolute Gasteiger partial charge is 0.258 e. The van der Waals surface area contributed by atoms with Crippen molar-refractivity contribution in [2.75, 3.05) is 29.9 Å². The molecular formula is C33H33N5O2. The highest BCUT2D eigenvalue weighted by molar-refractivity contribution is 6.08. The number of anilines is 3. The number of carbonyl (C=O) groups is 1. The molecule has 7 rings (SSSR count). The number of ether oxygens (including phenoxy) is 1. The van der Waals surface area contributed by atoms with Gasteiger partial charge in [0.1, 0.15) is 5.75 Å². The van der Waals surface area contributed by atoms with Gasteiger partial charge in [0, 0.05) is 46.4 Å². The van der Waals surface area contributed by atoms with E-state index in [9.17, 15) is 4.79 Å². The predicted molar refractivity (Wildman–Crippen MR) is 158 cm³/mol. The van der Waals surface area contributed by atoms with Crippen LogP contribution in [0.1, 0.15) is 46.8 Å². The zero-order valence-electron chi connectivity index (χ0n) is 22.9. The molecule has 7 nitrogen and oxygen atoms in total. The van der Waals surface area contributed by atoms with Crippen LogP contribution < -0.4 is 20.3 Å². The van der Waals surface area contributed by atoms with Crippen LogP contribution in [-0.2, 0) is 11.8 Å². The van der Waals surface area contributed by atoms with E-state index in [1.54, 1.807) is 18.5 Å². The molecule has 0 aliphatic carbocycles. The second-order valence-electron chi connectivity index (χ2n) is 11.3. The van der Waals surface area contributed by atoms with Gasteiger partial charge < -0.3 is 20.3 Å². The summed E-state index contributed by atoms with van der Waals surface area (Å²) in [6.07, 6.45) is 6.41. The number of piperidine rings is 1. The number of carbonyl (C=O) groups excluding carboxylic acids is 1. The van der Waals surface area contributed by atoms with Crippen LogP contribution in [0.4, 0.5) is 17.3 Å². The first-order chi connectivity index (χ1) is 19.5. The summed E-state index contributed by atoms with van der Waals surface area (Å²) in [5, 5.41) is 6.70. The Morgan fingerprint density at radius 1 is 1.05 bits per heavy atom. The van der Waals surface area contributed by atoms with Crippen molar-refractivity contribution in [3.8, 4) is 16.9 Å². The van der Waals surface area contributed by atoms with E-state index in [0.29, 0.717) is 11.5 Å². The van der Waals surface area contributed by atoms with Crippen molar-refractivity contribution in [3.63, 3.8) is 0 Å². The number of aromatic nitrogens is 2. The maximum Gasteiger partial charge on any atom is 0.258 e. The summed E-state index contributed by atoms with van der Waals surface area (Å²) in [6, 6.07) is 20.6. The maximum atomic E-state index is 14.0. The average Bonchev–Trinajstić information content (AvgIpc) is 3.48. The fourth-order valence-corrected chi connectivity index (χ4v) is 6.59. The lowest BCUT2D eigenvalue weighted by atomic mass is 9.74. The molecule has 1 amide bonds. The molecule has 7 heteroatoms. The van der Waals surface area contributed by atoms with Gasteiger partial charge in [-0.1, -0.05) is 18.2 Å². The van der Waals surface area contributed by atoms with Crippen molar-refractivity contribution < 1.29 is 9.53 Å². The van der Waals surface area contributed by atoms with Gasteiger partial charge in [-0.2, -0.15) is 0 Å². The molecule has 3 aliphatic heterocycles. The highest BCUT2D eigenvalue weighted by Gasteiger charge is 2.44. The van der Waals surface area contributed by atoms with E-state index in [4.69, 9.17) is 4.74 Å². The van der Waals surface area contributed by atoms with Crippen LogP contribution in [-0.4, -0.2) is 41.6 Å². The average molecular weight is 532 g/mol. The van der Waals surface area contributed by atoms with Gasteiger partial charge in [0.05, 0.1) is 6.61 Å². The molecule has 0 saturated carbocycles. The largest absolute Gasteiger partial charge is 0.492 e. The molecule has 3 aliphatic rings. The van der Waals surface area contributed by atoms with E-state index in [1.807, 2.05) is 29.2 Å². The fraction of sp³-hybridized carbons (Fsp3) is 0.303. The van der Waals surface area contributed by atoms with Crippen LogP contribution in [0.25, 0.3) is 11.1 Å². The summed E-state index contributed by atoms with van der Waals surface area (Å²) >= 11 is 0. The highest BCUT2D eigenvalue weighted by atomic mass is 16.5. The van der Waals surface area contributed by atoms with Gasteiger partial charge in [0.2, 0.25) is 5.95 Å². The Kier molecular flexibility index (Phi) is 6.04. The molecule has 0 unspecified atom stereocenters. The van der Waals surface area contributed by atoms with Gasteiger partial charge in [0.15, 0.2) is 0 Å². The first kappa shape index (κ1) is 24.8. The van der Waals surface area contributed by atoms with Gasteiger partial charge in [-0.05, 0) is 111 Å². The van der Waals surface area contributed by atoms with Gasteiger partial charge in [0.25, 0.3) is 5.91 Å². The fourth-order valence-electron chi connectivity index (χ4n) is 6.59. The Morgan fingerprint density at radius 2 is 1.82 bits per heavy atom. The van der Waals surface area contributed by atoms with E-state index in [-0.39, 0.29) is 17.4 Å². The van der Waals surface area contributed by atoms with Crippen molar-refractivity contribution in [3.05, 3.63) is 95.3 Å². The zero-order valence-corrected chi connectivity index (χ0v) is 22.9. The molecule has 2 N–H and O–H groups in total. The molecule has 202 valence electrons. The minimum absolute atomic E-state index is 0.0570. The van der Waals surface area contributed by atoms with Gasteiger partial charge in [-0.15, -0.1) is 0 Å². The zero-order chi connectivity index (χ0) is 27.3. The molecule has 1 spiro atoms. The number of aryl methyl sites for hydroxylation is 1. The van der Waals surface area contributed by atoms with Crippen LogP contribution in [0.15, 0.2) is 73.1 Å².